The minimum absolute atomic E-state index is 0.0566. The highest BCUT2D eigenvalue weighted by Crippen LogP contribution is 2.20. The number of hydrogen-bond acceptors (Lipinski definition) is 1. The van der Waals surface area contributed by atoms with Crippen molar-refractivity contribution in [1.29, 1.82) is 0 Å². The molecular formula is C16H22BrNO. The van der Waals surface area contributed by atoms with Crippen molar-refractivity contribution in [2.75, 3.05) is 0 Å². The average molecular weight is 324 g/mol. The van der Waals surface area contributed by atoms with Crippen LogP contribution in [0.25, 0.3) is 0 Å². The molecule has 1 aliphatic carbocycles. The van der Waals surface area contributed by atoms with Crippen molar-refractivity contribution < 1.29 is 4.79 Å². The standard InChI is InChI=1S/C16H22BrNO/c1-12-9-10-15(17)14(11-12)16(19)18-13-7-5-3-2-4-6-8-13/h9-11,13H,2-8H2,1H3,(H,18,19). The normalized spacial score (nSPS) is 17.6. The predicted octanol–water partition coefficient (Wildman–Crippen LogP) is 4.60. The van der Waals surface area contributed by atoms with Gasteiger partial charge in [0.1, 0.15) is 0 Å². The van der Waals surface area contributed by atoms with Crippen LogP contribution in [-0.2, 0) is 0 Å². The molecule has 19 heavy (non-hydrogen) atoms. The molecule has 1 aromatic rings. The number of halogens is 1. The van der Waals surface area contributed by atoms with Crippen molar-refractivity contribution in [1.82, 2.24) is 5.32 Å². The van der Waals surface area contributed by atoms with E-state index in [4.69, 9.17) is 0 Å². The van der Waals surface area contributed by atoms with E-state index in [0.717, 1.165) is 28.4 Å². The van der Waals surface area contributed by atoms with Gasteiger partial charge in [-0.1, -0.05) is 43.7 Å². The monoisotopic (exact) mass is 323 g/mol. The fraction of sp³-hybridized carbons (Fsp3) is 0.562. The van der Waals surface area contributed by atoms with E-state index in [1.54, 1.807) is 0 Å². The average Bonchev–Trinajstić information content (AvgIpc) is 2.35. The highest BCUT2D eigenvalue weighted by atomic mass is 79.9. The number of carbonyl (C=O) groups excluding carboxylic acids is 1. The number of amides is 1. The topological polar surface area (TPSA) is 29.1 Å². The number of carbonyl (C=O) groups is 1. The molecule has 0 aliphatic heterocycles. The Labute approximate surface area is 124 Å². The van der Waals surface area contributed by atoms with Gasteiger partial charge < -0.3 is 5.32 Å². The second-order valence-electron chi connectivity index (χ2n) is 5.50. The summed E-state index contributed by atoms with van der Waals surface area (Å²) in [6.45, 7) is 2.01. The zero-order valence-electron chi connectivity index (χ0n) is 11.5. The summed E-state index contributed by atoms with van der Waals surface area (Å²) in [6, 6.07) is 6.25. The summed E-state index contributed by atoms with van der Waals surface area (Å²) in [5.74, 6) is 0.0566. The van der Waals surface area contributed by atoms with Crippen LogP contribution in [-0.4, -0.2) is 11.9 Å². The Balaban J connectivity index is 2.00. The summed E-state index contributed by atoms with van der Waals surface area (Å²) in [5, 5.41) is 3.20. The van der Waals surface area contributed by atoms with Crippen LogP contribution in [0.4, 0.5) is 0 Å². The molecule has 0 spiro atoms. The molecule has 0 bridgehead atoms. The van der Waals surface area contributed by atoms with E-state index >= 15 is 0 Å². The molecule has 0 heterocycles. The van der Waals surface area contributed by atoms with E-state index < -0.39 is 0 Å². The molecular weight excluding hydrogens is 302 g/mol. The molecule has 1 saturated carbocycles. The molecule has 2 nitrogen and oxygen atoms in total. The van der Waals surface area contributed by atoms with Gasteiger partial charge in [-0.2, -0.15) is 0 Å². The summed E-state index contributed by atoms with van der Waals surface area (Å²) in [7, 11) is 0. The minimum atomic E-state index is 0.0566. The molecule has 0 atom stereocenters. The first-order valence-corrected chi connectivity index (χ1v) is 8.03. The Hall–Kier alpha value is -0.830. The van der Waals surface area contributed by atoms with Crippen molar-refractivity contribution in [3.63, 3.8) is 0 Å². The highest BCUT2D eigenvalue weighted by molar-refractivity contribution is 9.10. The first-order valence-electron chi connectivity index (χ1n) is 7.24. The van der Waals surface area contributed by atoms with Gasteiger partial charge in [-0.05, 0) is 47.8 Å². The molecule has 104 valence electrons. The number of nitrogens with one attached hydrogen (secondary N) is 1. The zero-order chi connectivity index (χ0) is 13.7. The van der Waals surface area contributed by atoms with Crippen LogP contribution in [0, 0.1) is 6.92 Å². The predicted molar refractivity (Wildman–Crippen MR) is 82.5 cm³/mol. The van der Waals surface area contributed by atoms with Crippen LogP contribution in [0.15, 0.2) is 22.7 Å². The fourth-order valence-corrected chi connectivity index (χ4v) is 3.10. The molecule has 0 unspecified atom stereocenters. The van der Waals surface area contributed by atoms with Crippen LogP contribution < -0.4 is 5.32 Å². The second-order valence-corrected chi connectivity index (χ2v) is 6.35. The van der Waals surface area contributed by atoms with E-state index in [1.807, 2.05) is 25.1 Å². The molecule has 1 aromatic carbocycles. The lowest BCUT2D eigenvalue weighted by Gasteiger charge is -2.21. The zero-order valence-corrected chi connectivity index (χ0v) is 13.1. The van der Waals surface area contributed by atoms with Crippen molar-refractivity contribution >= 4 is 21.8 Å². The third-order valence-electron chi connectivity index (χ3n) is 3.81. The van der Waals surface area contributed by atoms with Crippen LogP contribution in [0.1, 0.15) is 60.9 Å². The van der Waals surface area contributed by atoms with Gasteiger partial charge in [0.15, 0.2) is 0 Å². The minimum Gasteiger partial charge on any atom is -0.349 e. The van der Waals surface area contributed by atoms with E-state index in [1.165, 1.54) is 32.1 Å². The van der Waals surface area contributed by atoms with Crippen molar-refractivity contribution in [2.24, 2.45) is 0 Å². The third-order valence-corrected chi connectivity index (χ3v) is 4.50. The van der Waals surface area contributed by atoms with Crippen LogP contribution in [0.3, 0.4) is 0 Å². The van der Waals surface area contributed by atoms with Crippen molar-refractivity contribution in [3.05, 3.63) is 33.8 Å². The molecule has 2 rings (SSSR count). The third kappa shape index (κ3) is 4.34. The van der Waals surface area contributed by atoms with Gasteiger partial charge >= 0.3 is 0 Å². The summed E-state index contributed by atoms with van der Waals surface area (Å²) in [5.41, 5.74) is 1.87. The van der Waals surface area contributed by atoms with Gasteiger partial charge in [-0.25, -0.2) is 0 Å². The Morgan fingerprint density at radius 1 is 1.16 bits per heavy atom. The molecule has 3 heteroatoms. The van der Waals surface area contributed by atoms with E-state index in [9.17, 15) is 4.79 Å². The number of rotatable bonds is 2. The van der Waals surface area contributed by atoms with E-state index in [-0.39, 0.29) is 5.91 Å². The number of aryl methyl sites for hydroxylation is 1. The summed E-state index contributed by atoms with van der Waals surface area (Å²) in [4.78, 5) is 12.3. The highest BCUT2D eigenvalue weighted by Gasteiger charge is 2.16. The van der Waals surface area contributed by atoms with Crippen LogP contribution in [0.2, 0.25) is 0 Å². The lowest BCUT2D eigenvalue weighted by Crippen LogP contribution is -2.35. The lowest BCUT2D eigenvalue weighted by atomic mass is 9.96. The second kappa shape index (κ2) is 7.09. The van der Waals surface area contributed by atoms with Crippen LogP contribution >= 0.6 is 15.9 Å². The molecule has 1 amide bonds. The van der Waals surface area contributed by atoms with Gasteiger partial charge in [0, 0.05) is 10.5 Å². The summed E-state index contributed by atoms with van der Waals surface area (Å²) < 4.78 is 0.876. The van der Waals surface area contributed by atoms with Crippen LogP contribution in [0.5, 0.6) is 0 Å². The smallest absolute Gasteiger partial charge is 0.252 e. The maximum atomic E-state index is 12.3. The Morgan fingerprint density at radius 3 is 2.47 bits per heavy atom. The Kier molecular flexibility index (Phi) is 5.44. The van der Waals surface area contributed by atoms with Crippen molar-refractivity contribution in [3.8, 4) is 0 Å². The Morgan fingerprint density at radius 2 is 1.79 bits per heavy atom. The molecule has 1 N–H and O–H groups in total. The van der Waals surface area contributed by atoms with E-state index in [2.05, 4.69) is 21.2 Å². The van der Waals surface area contributed by atoms with Gasteiger partial charge in [-0.15, -0.1) is 0 Å². The maximum Gasteiger partial charge on any atom is 0.252 e. The SMILES string of the molecule is Cc1ccc(Br)c(C(=O)NC2CCCCCCC2)c1. The molecule has 0 radical (unpaired) electrons. The largest absolute Gasteiger partial charge is 0.349 e. The fourth-order valence-electron chi connectivity index (χ4n) is 2.68. The quantitative estimate of drug-likeness (QED) is 0.846. The molecule has 0 aromatic heterocycles. The van der Waals surface area contributed by atoms with E-state index in [0.29, 0.717) is 6.04 Å². The van der Waals surface area contributed by atoms with Crippen molar-refractivity contribution in [2.45, 2.75) is 57.9 Å². The summed E-state index contributed by atoms with van der Waals surface area (Å²) in [6.07, 6.45) is 8.68. The Bertz CT molecular complexity index is 436. The van der Waals surface area contributed by atoms with Gasteiger partial charge in [0.05, 0.1) is 5.56 Å². The van der Waals surface area contributed by atoms with Gasteiger partial charge in [0.2, 0.25) is 0 Å². The summed E-state index contributed by atoms with van der Waals surface area (Å²) >= 11 is 3.46. The molecule has 1 aliphatic rings. The number of benzene rings is 1. The molecule has 1 fully saturated rings. The molecule has 0 saturated heterocycles. The first-order chi connectivity index (χ1) is 9.16. The number of hydrogen-bond donors (Lipinski definition) is 1. The van der Waals surface area contributed by atoms with Gasteiger partial charge in [-0.3, -0.25) is 4.79 Å². The lowest BCUT2D eigenvalue weighted by molar-refractivity contribution is 0.0929. The maximum absolute atomic E-state index is 12.3. The van der Waals surface area contributed by atoms with Gasteiger partial charge in [0.25, 0.3) is 5.91 Å². The first kappa shape index (κ1) is 14.6.